The molecule has 0 bridgehead atoms. The molecular weight excluding hydrogens is 469 g/mol. The molecule has 0 aliphatic carbocycles. The molecule has 0 unspecified atom stereocenters. The van der Waals surface area contributed by atoms with E-state index in [1.807, 2.05) is 10.3 Å². The molecule has 3 aliphatic heterocycles. The van der Waals surface area contributed by atoms with Crippen LogP contribution in [0.1, 0.15) is 22.5 Å². The summed E-state index contributed by atoms with van der Waals surface area (Å²) in [5.41, 5.74) is 0.703. The van der Waals surface area contributed by atoms with Crippen LogP contribution in [0.25, 0.3) is 0 Å². The number of piperidine rings is 1. The van der Waals surface area contributed by atoms with Crippen molar-refractivity contribution < 1.29 is 27.1 Å². The minimum atomic E-state index is -2.89. The number of amides is 2. The van der Waals surface area contributed by atoms with E-state index < -0.39 is 27.9 Å². The minimum absolute atomic E-state index is 0.140. The van der Waals surface area contributed by atoms with Gasteiger partial charge in [0.25, 0.3) is 5.91 Å². The predicted molar refractivity (Wildman–Crippen MR) is 123 cm³/mol. The Morgan fingerprint density at radius 1 is 1.24 bits per heavy atom. The molecule has 4 heterocycles. The summed E-state index contributed by atoms with van der Waals surface area (Å²) in [6, 6.07) is 8.16. The van der Waals surface area contributed by atoms with E-state index in [0.717, 1.165) is 12.8 Å². The molecule has 2 amide bonds. The van der Waals surface area contributed by atoms with E-state index in [-0.39, 0.29) is 35.9 Å². The van der Waals surface area contributed by atoms with E-state index in [4.69, 9.17) is 4.74 Å². The van der Waals surface area contributed by atoms with E-state index >= 15 is 0 Å². The van der Waals surface area contributed by atoms with E-state index in [1.54, 1.807) is 24.3 Å². The van der Waals surface area contributed by atoms with Crippen molar-refractivity contribution in [3.05, 3.63) is 46.4 Å². The smallest absolute Gasteiger partial charge is 0.414 e. The van der Waals surface area contributed by atoms with Gasteiger partial charge in [0.1, 0.15) is 11.9 Å². The molecule has 1 atom stereocenters. The first-order chi connectivity index (χ1) is 15.7. The second kappa shape index (κ2) is 8.28. The second-order valence-electron chi connectivity index (χ2n) is 8.96. The molecule has 8 nitrogen and oxygen atoms in total. The Labute approximate surface area is 195 Å². The fourth-order valence-corrected chi connectivity index (χ4v) is 7.86. The van der Waals surface area contributed by atoms with Gasteiger partial charge in [0, 0.05) is 18.5 Å². The molecule has 3 aliphatic rings. The van der Waals surface area contributed by atoms with Gasteiger partial charge < -0.3 is 15.0 Å². The van der Waals surface area contributed by atoms with Gasteiger partial charge in [-0.3, -0.25) is 9.69 Å². The number of cyclic esters (lactones) is 1. The zero-order valence-electron chi connectivity index (χ0n) is 17.8. The highest BCUT2D eigenvalue weighted by Crippen LogP contribution is 2.43. The van der Waals surface area contributed by atoms with Crippen LogP contribution in [0, 0.1) is 11.2 Å². The topological polar surface area (TPSA) is 96.0 Å². The predicted octanol–water partition coefficient (Wildman–Crippen LogP) is 2.66. The molecule has 1 aromatic heterocycles. The first-order valence-corrected chi connectivity index (χ1v) is 13.5. The Morgan fingerprint density at radius 2 is 2.00 bits per heavy atom. The monoisotopic (exact) mass is 493 g/mol. The van der Waals surface area contributed by atoms with Crippen LogP contribution < -0.4 is 15.1 Å². The van der Waals surface area contributed by atoms with Crippen molar-refractivity contribution in [2.75, 3.05) is 47.5 Å². The zero-order chi connectivity index (χ0) is 23.2. The summed E-state index contributed by atoms with van der Waals surface area (Å²) < 4.78 is 43.4. The average molecular weight is 494 g/mol. The molecule has 0 radical (unpaired) electrons. The summed E-state index contributed by atoms with van der Waals surface area (Å²) in [7, 11) is -2.89. The summed E-state index contributed by atoms with van der Waals surface area (Å²) in [4.78, 5) is 28.3. The molecule has 3 saturated heterocycles. The fourth-order valence-electron chi connectivity index (χ4n) is 4.86. The highest BCUT2D eigenvalue weighted by Gasteiger charge is 2.49. The Bertz CT molecular complexity index is 1160. The van der Waals surface area contributed by atoms with Gasteiger partial charge in [0.05, 0.1) is 40.8 Å². The van der Waals surface area contributed by atoms with Crippen LogP contribution in [0.3, 0.4) is 0 Å². The van der Waals surface area contributed by atoms with Crippen molar-refractivity contribution in [2.24, 2.45) is 5.41 Å². The number of sulfone groups is 1. The maximum atomic E-state index is 15.0. The van der Waals surface area contributed by atoms with Gasteiger partial charge in [-0.25, -0.2) is 17.6 Å². The van der Waals surface area contributed by atoms with Crippen molar-refractivity contribution in [2.45, 2.75) is 18.9 Å². The molecular formula is C22H24FN3O5S2. The SMILES string of the molecule is O=C(NC[C@H]1CN(c2ccc(N3CCC4(CC3)CS(=O)(=O)C4)c(F)c2)C(=O)O1)c1cccs1. The highest BCUT2D eigenvalue weighted by atomic mass is 32.2. The number of ether oxygens (including phenoxy) is 1. The third-order valence-electron chi connectivity index (χ3n) is 6.57. The number of rotatable bonds is 5. The van der Waals surface area contributed by atoms with Crippen molar-refractivity contribution in [3.8, 4) is 0 Å². The normalized spacial score (nSPS) is 23.3. The molecule has 33 heavy (non-hydrogen) atoms. The molecule has 1 N–H and O–H groups in total. The minimum Gasteiger partial charge on any atom is -0.442 e. The van der Waals surface area contributed by atoms with Gasteiger partial charge in [-0.1, -0.05) is 6.07 Å². The van der Waals surface area contributed by atoms with Crippen LogP contribution in [-0.2, 0) is 14.6 Å². The first kappa shape index (κ1) is 22.1. The molecule has 3 fully saturated rings. The quantitative estimate of drug-likeness (QED) is 0.688. The molecule has 11 heteroatoms. The van der Waals surface area contributed by atoms with Gasteiger partial charge in [0.15, 0.2) is 9.84 Å². The average Bonchev–Trinajstić information content (AvgIpc) is 3.41. The van der Waals surface area contributed by atoms with Gasteiger partial charge >= 0.3 is 6.09 Å². The number of benzene rings is 1. The van der Waals surface area contributed by atoms with Crippen LogP contribution >= 0.6 is 11.3 Å². The Hall–Kier alpha value is -2.66. The van der Waals surface area contributed by atoms with Gasteiger partial charge in [-0.2, -0.15) is 0 Å². The van der Waals surface area contributed by atoms with Crippen LogP contribution in [0.2, 0.25) is 0 Å². The Kier molecular flexibility index (Phi) is 5.56. The standard InChI is InChI=1S/C22H24FN3O5S2/c23-17-10-15(3-4-18(17)25-7-5-22(6-8-25)13-33(29,30)14-22)26-12-16(31-21(26)28)11-24-20(27)19-2-1-9-32-19/h1-4,9-10,16H,5-8,11-14H2,(H,24,27)/t16-/m0/s1. The van der Waals surface area contributed by atoms with Crippen molar-refractivity contribution in [1.29, 1.82) is 0 Å². The third-order valence-corrected chi connectivity index (χ3v) is 9.54. The second-order valence-corrected chi connectivity index (χ2v) is 12.0. The number of halogens is 1. The Balaban J connectivity index is 1.19. The lowest BCUT2D eigenvalue weighted by Gasteiger charge is -2.47. The lowest BCUT2D eigenvalue weighted by atomic mass is 9.81. The van der Waals surface area contributed by atoms with Crippen LogP contribution in [0.5, 0.6) is 0 Å². The number of thiophene rings is 1. The van der Waals surface area contributed by atoms with Crippen molar-refractivity contribution in [3.63, 3.8) is 0 Å². The van der Waals surface area contributed by atoms with Crippen molar-refractivity contribution >= 4 is 44.5 Å². The van der Waals surface area contributed by atoms with Gasteiger partial charge in [0.2, 0.25) is 0 Å². The molecule has 176 valence electrons. The summed E-state index contributed by atoms with van der Waals surface area (Å²) in [5, 5.41) is 4.56. The van der Waals surface area contributed by atoms with E-state index in [2.05, 4.69) is 5.32 Å². The maximum Gasteiger partial charge on any atom is 0.414 e. The summed E-state index contributed by atoms with van der Waals surface area (Å²) in [6.45, 7) is 1.58. The zero-order valence-corrected chi connectivity index (χ0v) is 19.5. The Morgan fingerprint density at radius 3 is 2.64 bits per heavy atom. The number of carbonyl (C=O) groups excluding carboxylic acids is 2. The summed E-state index contributed by atoms with van der Waals surface area (Å²) >= 11 is 1.33. The molecule has 2 aromatic rings. The highest BCUT2D eigenvalue weighted by molar-refractivity contribution is 7.92. The molecule has 1 aromatic carbocycles. The van der Waals surface area contributed by atoms with Crippen LogP contribution in [0.4, 0.5) is 20.6 Å². The van der Waals surface area contributed by atoms with Gasteiger partial charge in [-0.15, -0.1) is 11.3 Å². The van der Waals surface area contributed by atoms with Crippen LogP contribution in [-0.4, -0.2) is 64.2 Å². The number of nitrogens with zero attached hydrogens (tertiary/aromatic N) is 2. The number of carbonyl (C=O) groups is 2. The molecule has 5 rings (SSSR count). The largest absolute Gasteiger partial charge is 0.442 e. The summed E-state index contributed by atoms with van der Waals surface area (Å²) in [6.07, 6.45) is 0.347. The van der Waals surface area contributed by atoms with Gasteiger partial charge in [-0.05, 0) is 42.5 Å². The fraction of sp³-hybridized carbons (Fsp3) is 0.455. The number of hydrogen-bond acceptors (Lipinski definition) is 7. The summed E-state index contributed by atoms with van der Waals surface area (Å²) in [5.74, 6) is -0.188. The number of hydrogen-bond donors (Lipinski definition) is 1. The lowest BCUT2D eigenvalue weighted by Crippen LogP contribution is -2.54. The molecule has 0 saturated carbocycles. The van der Waals surface area contributed by atoms with E-state index in [0.29, 0.717) is 29.3 Å². The number of nitrogens with one attached hydrogen (secondary N) is 1. The lowest BCUT2D eigenvalue weighted by molar-refractivity contribution is 0.0920. The van der Waals surface area contributed by atoms with E-state index in [9.17, 15) is 22.4 Å². The van der Waals surface area contributed by atoms with Crippen LogP contribution in [0.15, 0.2) is 35.7 Å². The third kappa shape index (κ3) is 4.43. The first-order valence-electron chi connectivity index (χ1n) is 10.8. The maximum absolute atomic E-state index is 15.0. The number of anilines is 2. The van der Waals surface area contributed by atoms with Crippen molar-refractivity contribution in [1.82, 2.24) is 5.32 Å². The van der Waals surface area contributed by atoms with E-state index in [1.165, 1.54) is 22.3 Å². The molecule has 1 spiro atoms.